The molecule has 0 radical (unpaired) electrons. The van der Waals surface area contributed by atoms with Gasteiger partial charge in [0.2, 0.25) is 0 Å². The Bertz CT molecular complexity index is 123. The Kier molecular flexibility index (Phi) is 5.31. The SMILES string of the molecule is CCCC(CN)NN1CCOCC1. The molecule has 0 aliphatic carbocycles. The molecular weight excluding hydrogens is 166 g/mol. The van der Waals surface area contributed by atoms with E-state index in [1.54, 1.807) is 0 Å². The Balaban J connectivity index is 2.18. The molecule has 0 bridgehead atoms. The molecule has 4 nitrogen and oxygen atoms in total. The van der Waals surface area contributed by atoms with Crippen molar-refractivity contribution in [3.05, 3.63) is 0 Å². The standard InChI is InChI=1S/C9H21N3O/c1-2-3-9(8-10)11-12-4-6-13-7-5-12/h9,11H,2-8,10H2,1H3. The zero-order valence-electron chi connectivity index (χ0n) is 8.46. The molecule has 1 unspecified atom stereocenters. The minimum absolute atomic E-state index is 0.433. The average Bonchev–Trinajstić information content (AvgIpc) is 2.19. The number of hydrogen-bond acceptors (Lipinski definition) is 4. The van der Waals surface area contributed by atoms with Crippen LogP contribution in [-0.4, -0.2) is 43.9 Å². The molecule has 0 amide bonds. The Labute approximate surface area is 80.4 Å². The minimum Gasteiger partial charge on any atom is -0.379 e. The topological polar surface area (TPSA) is 50.5 Å². The molecule has 1 atom stereocenters. The number of morpholine rings is 1. The maximum atomic E-state index is 5.66. The summed E-state index contributed by atoms with van der Waals surface area (Å²) in [4.78, 5) is 0. The predicted octanol–water partition coefficient (Wildman–Crippen LogP) is -0.0494. The van der Waals surface area contributed by atoms with Gasteiger partial charge in [0.25, 0.3) is 0 Å². The first-order valence-corrected chi connectivity index (χ1v) is 5.15. The van der Waals surface area contributed by atoms with Crippen LogP contribution in [0.15, 0.2) is 0 Å². The number of ether oxygens (including phenoxy) is 1. The van der Waals surface area contributed by atoms with Crippen molar-refractivity contribution in [1.82, 2.24) is 10.4 Å². The number of hydrogen-bond donors (Lipinski definition) is 2. The zero-order chi connectivity index (χ0) is 9.52. The van der Waals surface area contributed by atoms with Gasteiger partial charge in [0.05, 0.1) is 13.2 Å². The van der Waals surface area contributed by atoms with Crippen molar-refractivity contribution in [3.8, 4) is 0 Å². The van der Waals surface area contributed by atoms with E-state index in [4.69, 9.17) is 10.5 Å². The number of hydrazine groups is 1. The Morgan fingerprint density at radius 2 is 2.15 bits per heavy atom. The van der Waals surface area contributed by atoms with Crippen LogP contribution in [0.4, 0.5) is 0 Å². The second-order valence-electron chi connectivity index (χ2n) is 3.45. The lowest BCUT2D eigenvalue weighted by Crippen LogP contribution is -2.52. The van der Waals surface area contributed by atoms with E-state index in [1.807, 2.05) is 0 Å². The molecule has 0 saturated carbocycles. The third-order valence-electron chi connectivity index (χ3n) is 2.30. The van der Waals surface area contributed by atoms with E-state index in [0.717, 1.165) is 32.7 Å². The molecule has 13 heavy (non-hydrogen) atoms. The lowest BCUT2D eigenvalue weighted by molar-refractivity contribution is 0.00357. The largest absolute Gasteiger partial charge is 0.379 e. The highest BCUT2D eigenvalue weighted by molar-refractivity contribution is 4.67. The first kappa shape index (κ1) is 10.9. The molecule has 0 aromatic heterocycles. The molecule has 3 N–H and O–H groups in total. The normalized spacial score (nSPS) is 21.7. The predicted molar refractivity (Wildman–Crippen MR) is 53.3 cm³/mol. The van der Waals surface area contributed by atoms with E-state index in [0.29, 0.717) is 12.6 Å². The maximum Gasteiger partial charge on any atom is 0.0608 e. The molecule has 1 fully saturated rings. The molecule has 0 spiro atoms. The van der Waals surface area contributed by atoms with Crippen LogP contribution in [0.5, 0.6) is 0 Å². The first-order chi connectivity index (χ1) is 6.36. The van der Waals surface area contributed by atoms with E-state index in [9.17, 15) is 0 Å². The fraction of sp³-hybridized carbons (Fsp3) is 1.00. The van der Waals surface area contributed by atoms with E-state index in [1.165, 1.54) is 6.42 Å². The smallest absolute Gasteiger partial charge is 0.0608 e. The summed E-state index contributed by atoms with van der Waals surface area (Å²) in [6, 6.07) is 0.433. The lowest BCUT2D eigenvalue weighted by Gasteiger charge is -2.31. The molecule has 0 aromatic rings. The highest BCUT2D eigenvalue weighted by atomic mass is 16.5. The van der Waals surface area contributed by atoms with Crippen LogP contribution in [0.1, 0.15) is 19.8 Å². The van der Waals surface area contributed by atoms with Crippen molar-refractivity contribution in [2.45, 2.75) is 25.8 Å². The number of nitrogens with two attached hydrogens (primary N) is 1. The van der Waals surface area contributed by atoms with Gasteiger partial charge in [0.15, 0.2) is 0 Å². The molecule has 4 heteroatoms. The summed E-state index contributed by atoms with van der Waals surface area (Å²) < 4.78 is 5.26. The monoisotopic (exact) mass is 187 g/mol. The van der Waals surface area contributed by atoms with E-state index >= 15 is 0 Å². The Hall–Kier alpha value is -0.160. The van der Waals surface area contributed by atoms with Gasteiger partial charge in [0, 0.05) is 25.7 Å². The van der Waals surface area contributed by atoms with Gasteiger partial charge < -0.3 is 10.5 Å². The molecule has 1 aliphatic heterocycles. The van der Waals surface area contributed by atoms with Crippen LogP contribution in [0.3, 0.4) is 0 Å². The van der Waals surface area contributed by atoms with E-state index < -0.39 is 0 Å². The second-order valence-corrected chi connectivity index (χ2v) is 3.45. The summed E-state index contributed by atoms with van der Waals surface area (Å²) in [5, 5.41) is 2.22. The summed E-state index contributed by atoms with van der Waals surface area (Å²) in [6.45, 7) is 6.50. The van der Waals surface area contributed by atoms with E-state index in [2.05, 4.69) is 17.4 Å². The van der Waals surface area contributed by atoms with Crippen LogP contribution in [0, 0.1) is 0 Å². The van der Waals surface area contributed by atoms with Gasteiger partial charge in [-0.05, 0) is 6.42 Å². The highest BCUT2D eigenvalue weighted by Gasteiger charge is 2.13. The molecule has 1 heterocycles. The van der Waals surface area contributed by atoms with Gasteiger partial charge in [-0.1, -0.05) is 13.3 Å². The van der Waals surface area contributed by atoms with Crippen LogP contribution in [0.2, 0.25) is 0 Å². The van der Waals surface area contributed by atoms with Gasteiger partial charge in [-0.15, -0.1) is 0 Å². The molecule has 1 saturated heterocycles. The molecular formula is C9H21N3O. The third-order valence-corrected chi connectivity index (χ3v) is 2.30. The van der Waals surface area contributed by atoms with Crippen LogP contribution in [0.25, 0.3) is 0 Å². The van der Waals surface area contributed by atoms with Crippen LogP contribution >= 0.6 is 0 Å². The summed E-state index contributed by atoms with van der Waals surface area (Å²) >= 11 is 0. The van der Waals surface area contributed by atoms with Crippen LogP contribution in [-0.2, 0) is 4.74 Å². The molecule has 1 rings (SSSR count). The Morgan fingerprint density at radius 3 is 2.69 bits per heavy atom. The summed E-state index contributed by atoms with van der Waals surface area (Å²) in [5.41, 5.74) is 9.09. The fourth-order valence-electron chi connectivity index (χ4n) is 1.53. The second kappa shape index (κ2) is 6.32. The number of rotatable bonds is 5. The summed E-state index contributed by atoms with van der Waals surface area (Å²) in [6.07, 6.45) is 2.33. The quantitative estimate of drug-likeness (QED) is 0.633. The average molecular weight is 187 g/mol. The highest BCUT2D eigenvalue weighted by Crippen LogP contribution is 1.98. The van der Waals surface area contributed by atoms with Crippen molar-refractivity contribution in [3.63, 3.8) is 0 Å². The summed E-state index contributed by atoms with van der Waals surface area (Å²) in [7, 11) is 0. The van der Waals surface area contributed by atoms with Gasteiger partial charge in [0.1, 0.15) is 0 Å². The lowest BCUT2D eigenvalue weighted by atomic mass is 10.2. The first-order valence-electron chi connectivity index (χ1n) is 5.15. The van der Waals surface area contributed by atoms with Gasteiger partial charge in [-0.2, -0.15) is 0 Å². The minimum atomic E-state index is 0.433. The molecule has 1 aliphatic rings. The van der Waals surface area contributed by atoms with Crippen molar-refractivity contribution >= 4 is 0 Å². The molecule has 78 valence electrons. The fourth-order valence-corrected chi connectivity index (χ4v) is 1.53. The third kappa shape index (κ3) is 4.04. The van der Waals surface area contributed by atoms with Gasteiger partial charge >= 0.3 is 0 Å². The maximum absolute atomic E-state index is 5.66. The van der Waals surface area contributed by atoms with Gasteiger partial charge in [-0.25, -0.2) is 5.01 Å². The molecule has 0 aromatic carbocycles. The number of nitrogens with one attached hydrogen (secondary N) is 1. The van der Waals surface area contributed by atoms with Crippen molar-refractivity contribution in [1.29, 1.82) is 0 Å². The zero-order valence-corrected chi connectivity index (χ0v) is 8.46. The number of nitrogens with zero attached hydrogens (tertiary/aromatic N) is 1. The van der Waals surface area contributed by atoms with Crippen LogP contribution < -0.4 is 11.2 Å². The van der Waals surface area contributed by atoms with E-state index in [-0.39, 0.29) is 0 Å². The van der Waals surface area contributed by atoms with Crippen molar-refractivity contribution < 1.29 is 4.74 Å². The van der Waals surface area contributed by atoms with Crippen molar-refractivity contribution in [2.75, 3.05) is 32.8 Å². The van der Waals surface area contributed by atoms with Gasteiger partial charge in [-0.3, -0.25) is 5.43 Å². The summed E-state index contributed by atoms with van der Waals surface area (Å²) in [5.74, 6) is 0. The Morgan fingerprint density at radius 1 is 1.46 bits per heavy atom. The van der Waals surface area contributed by atoms with Crippen molar-refractivity contribution in [2.24, 2.45) is 5.73 Å².